The Morgan fingerprint density at radius 3 is 3.00 bits per heavy atom. The lowest BCUT2D eigenvalue weighted by molar-refractivity contribution is -0.125. The number of hydrogen-bond acceptors (Lipinski definition) is 4. The molecule has 0 bridgehead atoms. The van der Waals surface area contributed by atoms with E-state index < -0.39 is 6.10 Å². The van der Waals surface area contributed by atoms with Gasteiger partial charge in [0.2, 0.25) is 0 Å². The highest BCUT2D eigenvalue weighted by molar-refractivity contribution is 8.14. The maximum absolute atomic E-state index is 11.9. The monoisotopic (exact) mass is 298 g/mol. The summed E-state index contributed by atoms with van der Waals surface area (Å²) in [4.78, 5) is 16.1. The third-order valence-corrected chi connectivity index (χ3v) is 3.75. The summed E-state index contributed by atoms with van der Waals surface area (Å²) in [6.07, 6.45) is -0.580. The van der Waals surface area contributed by atoms with E-state index in [1.165, 1.54) is 0 Å². The summed E-state index contributed by atoms with van der Waals surface area (Å²) >= 11 is 7.42. The first-order chi connectivity index (χ1) is 9.06. The van der Waals surface area contributed by atoms with Gasteiger partial charge in [0.15, 0.2) is 11.3 Å². The maximum atomic E-state index is 11.9. The number of nitrogens with one attached hydrogen (secondary N) is 1. The Hall–Kier alpha value is -1.20. The normalized spacial score (nSPS) is 15.8. The second-order valence-corrected chi connectivity index (χ2v) is 5.71. The number of amides is 1. The number of halogens is 1. The molecule has 1 aromatic rings. The third-order valence-electron chi connectivity index (χ3n) is 2.63. The summed E-state index contributed by atoms with van der Waals surface area (Å²) in [6, 6.07) is 5.31. The van der Waals surface area contributed by atoms with Crippen molar-refractivity contribution in [2.75, 3.05) is 12.3 Å². The zero-order valence-corrected chi connectivity index (χ0v) is 12.3. The summed E-state index contributed by atoms with van der Waals surface area (Å²) in [5.41, 5.74) is 0.903. The number of ether oxygens (including phenoxy) is 1. The molecule has 2 rings (SSSR count). The number of nitrogens with zero attached hydrogens (tertiary/aromatic N) is 1. The predicted molar refractivity (Wildman–Crippen MR) is 79.2 cm³/mol. The molecule has 0 aromatic heterocycles. The fourth-order valence-corrected chi connectivity index (χ4v) is 2.56. The van der Waals surface area contributed by atoms with Crippen LogP contribution in [0.15, 0.2) is 23.2 Å². The molecule has 1 aliphatic rings. The number of rotatable bonds is 3. The molecule has 1 amide bonds. The highest BCUT2D eigenvalue weighted by atomic mass is 35.5. The molecule has 102 valence electrons. The number of aryl methyl sites for hydroxylation is 1. The second-order valence-electron chi connectivity index (χ2n) is 4.19. The molecule has 0 aliphatic carbocycles. The number of aliphatic imine (C=N–C) groups is 1. The Labute approximate surface area is 121 Å². The zero-order valence-electron chi connectivity index (χ0n) is 10.8. The number of benzene rings is 1. The van der Waals surface area contributed by atoms with Crippen LogP contribution in [-0.2, 0) is 4.79 Å². The lowest BCUT2D eigenvalue weighted by Gasteiger charge is -2.16. The van der Waals surface area contributed by atoms with Crippen LogP contribution in [0.3, 0.4) is 0 Å². The molecule has 1 N–H and O–H groups in total. The van der Waals surface area contributed by atoms with E-state index in [0.717, 1.165) is 17.9 Å². The van der Waals surface area contributed by atoms with Crippen molar-refractivity contribution in [1.82, 2.24) is 5.32 Å². The molecule has 0 unspecified atom stereocenters. The van der Waals surface area contributed by atoms with Gasteiger partial charge in [-0.15, -0.1) is 0 Å². The molecular weight excluding hydrogens is 284 g/mol. The van der Waals surface area contributed by atoms with Gasteiger partial charge in [0.1, 0.15) is 5.75 Å². The fraction of sp³-hybridized carbons (Fsp3) is 0.385. The van der Waals surface area contributed by atoms with E-state index in [9.17, 15) is 4.79 Å². The summed E-state index contributed by atoms with van der Waals surface area (Å²) in [6.45, 7) is 4.36. The van der Waals surface area contributed by atoms with E-state index in [1.54, 1.807) is 36.9 Å². The van der Waals surface area contributed by atoms with Crippen molar-refractivity contribution in [3.05, 3.63) is 28.8 Å². The van der Waals surface area contributed by atoms with Crippen LogP contribution in [0.5, 0.6) is 5.75 Å². The first kappa shape index (κ1) is 14.2. The van der Waals surface area contributed by atoms with Crippen molar-refractivity contribution < 1.29 is 9.53 Å². The molecule has 1 aliphatic heterocycles. The van der Waals surface area contributed by atoms with Crippen molar-refractivity contribution in [3.63, 3.8) is 0 Å². The largest absolute Gasteiger partial charge is 0.481 e. The molecule has 1 heterocycles. The third kappa shape index (κ3) is 3.88. The molecule has 1 atom stereocenters. The highest BCUT2D eigenvalue weighted by Gasteiger charge is 2.19. The summed E-state index contributed by atoms with van der Waals surface area (Å²) in [7, 11) is 0. The van der Waals surface area contributed by atoms with Gasteiger partial charge in [0, 0.05) is 10.8 Å². The van der Waals surface area contributed by atoms with E-state index in [4.69, 9.17) is 16.3 Å². The number of amidine groups is 1. The van der Waals surface area contributed by atoms with Crippen LogP contribution >= 0.6 is 23.4 Å². The number of thioether (sulfide) groups is 1. The van der Waals surface area contributed by atoms with Crippen molar-refractivity contribution in [3.8, 4) is 5.75 Å². The summed E-state index contributed by atoms with van der Waals surface area (Å²) in [5.74, 6) is 1.39. The SMILES string of the molecule is Cc1cc(Cl)ccc1O[C@H](C)C(=O)NC1=NCCS1. The van der Waals surface area contributed by atoms with Gasteiger partial charge in [-0.2, -0.15) is 0 Å². The van der Waals surface area contributed by atoms with E-state index in [1.807, 2.05) is 6.92 Å². The van der Waals surface area contributed by atoms with Crippen molar-refractivity contribution in [1.29, 1.82) is 0 Å². The van der Waals surface area contributed by atoms with E-state index in [2.05, 4.69) is 10.3 Å². The van der Waals surface area contributed by atoms with Crippen LogP contribution in [-0.4, -0.2) is 29.5 Å². The van der Waals surface area contributed by atoms with Crippen LogP contribution in [0.25, 0.3) is 0 Å². The Balaban J connectivity index is 1.96. The van der Waals surface area contributed by atoms with Crippen LogP contribution in [0, 0.1) is 6.92 Å². The van der Waals surface area contributed by atoms with Gasteiger partial charge in [-0.25, -0.2) is 0 Å². The molecule has 1 aromatic carbocycles. The van der Waals surface area contributed by atoms with Gasteiger partial charge < -0.3 is 10.1 Å². The molecule has 0 saturated heterocycles. The number of carbonyl (C=O) groups excluding carboxylic acids is 1. The van der Waals surface area contributed by atoms with Crippen LogP contribution in [0.1, 0.15) is 12.5 Å². The lowest BCUT2D eigenvalue weighted by atomic mass is 10.2. The van der Waals surface area contributed by atoms with E-state index in [-0.39, 0.29) is 5.91 Å². The predicted octanol–water partition coefficient (Wildman–Crippen LogP) is 2.63. The zero-order chi connectivity index (χ0) is 13.8. The van der Waals surface area contributed by atoms with Gasteiger partial charge >= 0.3 is 0 Å². The fourth-order valence-electron chi connectivity index (χ4n) is 1.61. The molecule has 6 heteroatoms. The Bertz CT molecular complexity index is 519. The molecule has 0 spiro atoms. The second kappa shape index (κ2) is 6.30. The van der Waals surface area contributed by atoms with Gasteiger partial charge in [-0.3, -0.25) is 9.79 Å². The van der Waals surface area contributed by atoms with Gasteiger partial charge in [-0.05, 0) is 37.6 Å². The molecule has 0 saturated carbocycles. The van der Waals surface area contributed by atoms with Crippen molar-refractivity contribution in [2.45, 2.75) is 20.0 Å². The average Bonchev–Trinajstić information content (AvgIpc) is 2.85. The highest BCUT2D eigenvalue weighted by Crippen LogP contribution is 2.22. The van der Waals surface area contributed by atoms with Crippen molar-refractivity contribution in [2.24, 2.45) is 4.99 Å². The van der Waals surface area contributed by atoms with E-state index >= 15 is 0 Å². The topological polar surface area (TPSA) is 50.7 Å². The van der Waals surface area contributed by atoms with Crippen LogP contribution in [0.4, 0.5) is 0 Å². The van der Waals surface area contributed by atoms with Gasteiger partial charge in [-0.1, -0.05) is 23.4 Å². The van der Waals surface area contributed by atoms with Crippen molar-refractivity contribution >= 4 is 34.4 Å². The number of hydrogen-bond donors (Lipinski definition) is 1. The minimum absolute atomic E-state index is 0.192. The Kier molecular flexibility index (Phi) is 4.71. The van der Waals surface area contributed by atoms with Gasteiger partial charge in [0.05, 0.1) is 6.54 Å². The minimum Gasteiger partial charge on any atom is -0.481 e. The average molecular weight is 299 g/mol. The molecule has 0 fully saturated rings. The quantitative estimate of drug-likeness (QED) is 0.933. The van der Waals surface area contributed by atoms with Crippen LogP contribution in [0.2, 0.25) is 5.02 Å². The minimum atomic E-state index is -0.580. The maximum Gasteiger partial charge on any atom is 0.266 e. The first-order valence-electron chi connectivity index (χ1n) is 5.97. The van der Waals surface area contributed by atoms with Gasteiger partial charge in [0.25, 0.3) is 5.91 Å². The Morgan fingerprint density at radius 2 is 2.37 bits per heavy atom. The smallest absolute Gasteiger partial charge is 0.266 e. The van der Waals surface area contributed by atoms with E-state index in [0.29, 0.717) is 15.9 Å². The summed E-state index contributed by atoms with van der Waals surface area (Å²) in [5, 5.41) is 4.08. The number of carbonyl (C=O) groups is 1. The summed E-state index contributed by atoms with van der Waals surface area (Å²) < 4.78 is 5.64. The lowest BCUT2D eigenvalue weighted by Crippen LogP contribution is -2.38. The molecular formula is C13H15ClN2O2S. The first-order valence-corrected chi connectivity index (χ1v) is 7.33. The molecule has 19 heavy (non-hydrogen) atoms. The molecule has 0 radical (unpaired) electrons. The Morgan fingerprint density at radius 1 is 1.58 bits per heavy atom. The molecule has 4 nitrogen and oxygen atoms in total. The van der Waals surface area contributed by atoms with Crippen LogP contribution < -0.4 is 10.1 Å². The standard InChI is InChI=1S/C13H15ClN2O2S/c1-8-7-10(14)3-4-11(8)18-9(2)12(17)16-13-15-5-6-19-13/h3-4,7,9H,5-6H2,1-2H3,(H,15,16,17)/t9-/m1/s1.